The van der Waals surface area contributed by atoms with Gasteiger partial charge in [0.25, 0.3) is 10.1 Å². The summed E-state index contributed by atoms with van der Waals surface area (Å²) in [6.07, 6.45) is 27.5. The molecule has 0 amide bonds. The molecule has 0 aromatic heterocycles. The summed E-state index contributed by atoms with van der Waals surface area (Å²) in [5.41, 5.74) is 1.03. The zero-order chi connectivity index (χ0) is 30.4. The molecule has 0 fully saturated rings. The van der Waals surface area contributed by atoms with Crippen molar-refractivity contribution in [3.63, 3.8) is 0 Å². The van der Waals surface area contributed by atoms with Crippen LogP contribution in [0.15, 0.2) is 29.2 Å². The fourth-order valence-electron chi connectivity index (χ4n) is 4.80. The number of aryl methyl sites for hydroxylation is 1. The lowest BCUT2D eigenvalue weighted by Gasteiger charge is -2.06. The fraction of sp³-hybridized carbons (Fsp3) is 0.730. The van der Waals surface area contributed by atoms with Crippen LogP contribution in [0.25, 0.3) is 0 Å². The third-order valence-corrected chi connectivity index (χ3v) is 8.82. The molecule has 0 atom stereocenters. The summed E-state index contributed by atoms with van der Waals surface area (Å²) in [5, 5.41) is 0. The second-order valence-electron chi connectivity index (χ2n) is 11.5. The minimum Gasteiger partial charge on any atom is -0.385 e. The van der Waals surface area contributed by atoms with E-state index in [1.807, 2.05) is 6.92 Å². The summed E-state index contributed by atoms with van der Waals surface area (Å²) >= 11 is 0. The van der Waals surface area contributed by atoms with Crippen molar-refractivity contribution in [2.45, 2.75) is 159 Å². The van der Waals surface area contributed by atoms with Gasteiger partial charge in [0.05, 0.1) is 11.5 Å². The highest BCUT2D eigenvalue weighted by molar-refractivity contribution is 7.86. The quantitative estimate of drug-likeness (QED) is 0.0603. The van der Waals surface area contributed by atoms with Gasteiger partial charge < -0.3 is 4.74 Å². The highest BCUT2D eigenvalue weighted by atomic mass is 32.2. The van der Waals surface area contributed by atoms with Gasteiger partial charge in [0.1, 0.15) is 0 Å². The summed E-state index contributed by atoms with van der Waals surface area (Å²) < 4.78 is 34.6. The summed E-state index contributed by atoms with van der Waals surface area (Å²) in [7, 11) is -1.85. The highest BCUT2D eigenvalue weighted by Crippen LogP contribution is 2.15. The first-order valence-corrected chi connectivity index (χ1v) is 18.3. The van der Waals surface area contributed by atoms with Gasteiger partial charge in [-0.2, -0.15) is 8.42 Å². The molecule has 238 valence electrons. The number of methoxy groups -OCH3 is 1. The molecular weight excluding hydrogens is 540 g/mol. The summed E-state index contributed by atoms with van der Waals surface area (Å²) in [5.74, 6) is 13.4. The molecule has 1 aromatic carbocycles. The summed E-state index contributed by atoms with van der Waals surface area (Å²) in [6.45, 7) is 3.09. The molecule has 0 radical (unpaired) electrons. The van der Waals surface area contributed by atoms with E-state index in [0.717, 1.165) is 63.5 Å². The number of hydrogen-bond acceptors (Lipinski definition) is 4. The van der Waals surface area contributed by atoms with E-state index in [0.29, 0.717) is 0 Å². The highest BCUT2D eigenvalue weighted by Gasteiger charge is 2.14. The van der Waals surface area contributed by atoms with Gasteiger partial charge >= 0.3 is 0 Å². The first-order valence-electron chi connectivity index (χ1n) is 16.9. The average molecular weight is 601 g/mol. The minimum absolute atomic E-state index is 0.235. The Morgan fingerprint density at radius 1 is 0.500 bits per heavy atom. The maximum Gasteiger partial charge on any atom is 0.296 e. The van der Waals surface area contributed by atoms with Crippen molar-refractivity contribution >= 4 is 10.1 Å². The van der Waals surface area contributed by atoms with E-state index in [2.05, 4.69) is 23.7 Å². The Morgan fingerprint density at radius 3 is 1.21 bits per heavy atom. The maximum absolute atomic E-state index is 12.2. The Bertz CT molecular complexity index is 977. The van der Waals surface area contributed by atoms with Crippen molar-refractivity contribution in [1.82, 2.24) is 0 Å². The van der Waals surface area contributed by atoms with Crippen LogP contribution in [-0.4, -0.2) is 28.7 Å². The molecule has 0 aliphatic rings. The molecular formula is C37H60O4S. The second-order valence-corrected chi connectivity index (χ2v) is 13.1. The zero-order valence-electron chi connectivity index (χ0n) is 27.0. The largest absolute Gasteiger partial charge is 0.385 e. The van der Waals surface area contributed by atoms with Crippen molar-refractivity contribution in [2.75, 3.05) is 20.3 Å². The van der Waals surface area contributed by atoms with E-state index in [9.17, 15) is 8.42 Å². The molecule has 4 nitrogen and oxygen atoms in total. The van der Waals surface area contributed by atoms with Gasteiger partial charge in [-0.1, -0.05) is 101 Å². The van der Waals surface area contributed by atoms with E-state index < -0.39 is 10.1 Å². The molecule has 0 unspecified atom stereocenters. The van der Waals surface area contributed by atoms with Crippen molar-refractivity contribution in [1.29, 1.82) is 0 Å². The Labute approximate surface area is 260 Å². The second kappa shape index (κ2) is 28.0. The van der Waals surface area contributed by atoms with Crippen LogP contribution >= 0.6 is 0 Å². The van der Waals surface area contributed by atoms with Gasteiger partial charge in [-0.05, 0) is 57.6 Å². The average Bonchev–Trinajstić information content (AvgIpc) is 2.98. The number of unbranched alkanes of at least 4 members (excludes halogenated alkanes) is 20. The molecule has 1 aromatic rings. The normalized spacial score (nSPS) is 11.1. The van der Waals surface area contributed by atoms with Crippen LogP contribution in [0, 0.1) is 30.6 Å². The molecule has 0 spiro atoms. The standard InChI is InChI=1S/C37H60O4S/c1-36-30-32-37(33-31-36)42(38,39)41-35-29-27-25-23-21-19-17-15-13-11-9-7-5-3-4-6-8-10-12-14-16-18-20-22-24-26-28-34-40-2/h30-33H,3-11,16-29,34-35H2,1-2H3. The van der Waals surface area contributed by atoms with Crippen LogP contribution in [0.3, 0.4) is 0 Å². The SMILES string of the molecule is COCCCCCCCCC#CCCCCCCCCCC#CCCCCCCCCOS(=O)(=O)c1ccc(C)cc1. The number of rotatable bonds is 26. The van der Waals surface area contributed by atoms with Crippen molar-refractivity contribution in [3.05, 3.63) is 29.8 Å². The number of hydrogen-bond donors (Lipinski definition) is 0. The smallest absolute Gasteiger partial charge is 0.296 e. The Kier molecular flexibility index (Phi) is 25.5. The van der Waals surface area contributed by atoms with E-state index in [1.54, 1.807) is 31.4 Å². The van der Waals surface area contributed by atoms with E-state index in [-0.39, 0.29) is 11.5 Å². The summed E-state index contributed by atoms with van der Waals surface area (Å²) in [4.78, 5) is 0.235. The molecule has 42 heavy (non-hydrogen) atoms. The van der Waals surface area contributed by atoms with Gasteiger partial charge in [0.15, 0.2) is 0 Å². The molecule has 5 heteroatoms. The predicted octanol–water partition coefficient (Wildman–Crippen LogP) is 10.3. The van der Waals surface area contributed by atoms with Crippen molar-refractivity contribution in [3.8, 4) is 23.7 Å². The molecule has 0 aliphatic heterocycles. The van der Waals surface area contributed by atoms with Gasteiger partial charge in [0, 0.05) is 39.4 Å². The van der Waals surface area contributed by atoms with Crippen LogP contribution in [-0.2, 0) is 19.0 Å². The fourth-order valence-corrected chi connectivity index (χ4v) is 5.74. The Morgan fingerprint density at radius 2 is 0.833 bits per heavy atom. The molecule has 0 saturated carbocycles. The van der Waals surface area contributed by atoms with E-state index in [1.165, 1.54) is 96.3 Å². The van der Waals surface area contributed by atoms with Gasteiger partial charge in [-0.15, -0.1) is 23.7 Å². The molecule has 0 heterocycles. The van der Waals surface area contributed by atoms with Crippen molar-refractivity contribution < 1.29 is 17.3 Å². The maximum atomic E-state index is 12.2. The molecule has 0 saturated heterocycles. The van der Waals surface area contributed by atoms with Gasteiger partial charge in [0.2, 0.25) is 0 Å². The molecule has 0 bridgehead atoms. The van der Waals surface area contributed by atoms with Crippen LogP contribution < -0.4 is 0 Å². The van der Waals surface area contributed by atoms with Crippen LogP contribution in [0.1, 0.15) is 153 Å². The third-order valence-electron chi connectivity index (χ3n) is 7.50. The predicted molar refractivity (Wildman–Crippen MR) is 178 cm³/mol. The Hall–Kier alpha value is -1.79. The van der Waals surface area contributed by atoms with Crippen LogP contribution in [0.4, 0.5) is 0 Å². The number of benzene rings is 1. The molecule has 0 aliphatic carbocycles. The lowest BCUT2D eigenvalue weighted by molar-refractivity contribution is 0.192. The minimum atomic E-state index is -3.63. The Balaban J connectivity index is 1.78. The first-order chi connectivity index (χ1) is 20.6. The first kappa shape index (κ1) is 38.2. The lowest BCUT2D eigenvalue weighted by Crippen LogP contribution is -2.07. The van der Waals surface area contributed by atoms with Gasteiger partial charge in [-0.25, -0.2) is 0 Å². The van der Waals surface area contributed by atoms with Crippen molar-refractivity contribution in [2.24, 2.45) is 0 Å². The monoisotopic (exact) mass is 600 g/mol. The lowest BCUT2D eigenvalue weighted by atomic mass is 10.1. The van der Waals surface area contributed by atoms with Crippen LogP contribution in [0.5, 0.6) is 0 Å². The zero-order valence-corrected chi connectivity index (χ0v) is 27.8. The van der Waals surface area contributed by atoms with E-state index >= 15 is 0 Å². The topological polar surface area (TPSA) is 52.6 Å². The number of ether oxygens (including phenoxy) is 1. The molecule has 0 N–H and O–H groups in total. The van der Waals surface area contributed by atoms with E-state index in [4.69, 9.17) is 8.92 Å². The van der Waals surface area contributed by atoms with Crippen LogP contribution in [0.2, 0.25) is 0 Å². The molecule has 1 rings (SSSR count). The summed E-state index contributed by atoms with van der Waals surface area (Å²) in [6, 6.07) is 6.78. The van der Waals surface area contributed by atoms with Gasteiger partial charge in [-0.3, -0.25) is 4.18 Å². The third kappa shape index (κ3) is 23.7.